The van der Waals surface area contributed by atoms with Crippen molar-refractivity contribution in [2.24, 2.45) is 0 Å². The van der Waals surface area contributed by atoms with Crippen LogP contribution in [-0.4, -0.2) is 44.0 Å². The van der Waals surface area contributed by atoms with Crippen molar-refractivity contribution in [2.75, 3.05) is 32.5 Å². The molecule has 3 amide bonds. The average Bonchev–Trinajstić information content (AvgIpc) is 3.15. The van der Waals surface area contributed by atoms with Crippen molar-refractivity contribution < 1.29 is 14.0 Å². The summed E-state index contributed by atoms with van der Waals surface area (Å²) in [5, 5.41) is 8.97. The zero-order valence-corrected chi connectivity index (χ0v) is 16.3. The molecule has 8 heteroatoms. The maximum atomic E-state index is 11.9. The van der Waals surface area contributed by atoms with E-state index in [1.54, 1.807) is 30.5 Å². The second-order valence-corrected chi connectivity index (χ2v) is 6.73. The third kappa shape index (κ3) is 7.32. The molecule has 0 radical (unpaired) electrons. The van der Waals surface area contributed by atoms with Gasteiger partial charge in [0.05, 0.1) is 12.3 Å². The highest BCUT2D eigenvalue weighted by Crippen LogP contribution is 2.17. The highest BCUT2D eigenvalue weighted by atomic mass is 35.5. The van der Waals surface area contributed by atoms with Gasteiger partial charge in [0.25, 0.3) is 0 Å². The molecule has 0 aliphatic heterocycles. The van der Waals surface area contributed by atoms with E-state index in [1.165, 1.54) is 0 Å². The summed E-state index contributed by atoms with van der Waals surface area (Å²) >= 11 is 5.80. The first-order chi connectivity index (χ1) is 13.0. The molecule has 27 heavy (non-hydrogen) atoms. The van der Waals surface area contributed by atoms with E-state index in [1.807, 2.05) is 31.1 Å². The van der Waals surface area contributed by atoms with Crippen LogP contribution in [-0.2, 0) is 4.79 Å². The molecule has 2 aromatic rings. The quantitative estimate of drug-likeness (QED) is 0.572. The first kappa shape index (κ1) is 20.8. The van der Waals surface area contributed by atoms with Crippen LogP contribution < -0.4 is 16.0 Å². The Morgan fingerprint density at radius 3 is 2.52 bits per heavy atom. The van der Waals surface area contributed by atoms with Crippen LogP contribution in [0.4, 0.5) is 10.5 Å². The standard InChI is InChI=1S/C19H25ClN4O3/c1-24(2)16(17-5-4-12-27-17)13-22-19(26)21-11-3-6-18(25)23-15-9-7-14(20)8-10-15/h4-5,7-10,12,16H,3,6,11,13H2,1-2H3,(H,23,25)(H2,21,22,26). The van der Waals surface area contributed by atoms with Crippen molar-refractivity contribution in [3.8, 4) is 0 Å². The number of benzene rings is 1. The molecule has 0 aliphatic rings. The van der Waals surface area contributed by atoms with E-state index in [0.29, 0.717) is 36.6 Å². The molecule has 0 fully saturated rings. The lowest BCUT2D eigenvalue weighted by molar-refractivity contribution is -0.116. The summed E-state index contributed by atoms with van der Waals surface area (Å²) in [5.74, 6) is 0.684. The Bertz CT molecular complexity index is 717. The van der Waals surface area contributed by atoms with Crippen molar-refractivity contribution in [3.63, 3.8) is 0 Å². The molecular formula is C19H25ClN4O3. The molecule has 1 heterocycles. The topological polar surface area (TPSA) is 86.6 Å². The molecule has 0 aliphatic carbocycles. The van der Waals surface area contributed by atoms with Gasteiger partial charge in [-0.1, -0.05) is 11.6 Å². The molecule has 0 bridgehead atoms. The van der Waals surface area contributed by atoms with Crippen LogP contribution in [0, 0.1) is 0 Å². The SMILES string of the molecule is CN(C)C(CNC(=O)NCCCC(=O)Nc1ccc(Cl)cc1)c1ccco1. The van der Waals surface area contributed by atoms with Crippen LogP contribution in [0.2, 0.25) is 5.02 Å². The molecule has 7 nitrogen and oxygen atoms in total. The van der Waals surface area contributed by atoms with Gasteiger partial charge in [0.1, 0.15) is 5.76 Å². The maximum Gasteiger partial charge on any atom is 0.314 e. The van der Waals surface area contributed by atoms with Crippen molar-refractivity contribution in [1.29, 1.82) is 0 Å². The number of likely N-dealkylation sites (N-methyl/N-ethyl adjacent to an activating group) is 1. The largest absolute Gasteiger partial charge is 0.468 e. The smallest absolute Gasteiger partial charge is 0.314 e. The van der Waals surface area contributed by atoms with E-state index < -0.39 is 0 Å². The minimum Gasteiger partial charge on any atom is -0.468 e. The Morgan fingerprint density at radius 2 is 1.89 bits per heavy atom. The number of urea groups is 1. The summed E-state index contributed by atoms with van der Waals surface area (Å²) in [6, 6.07) is 10.3. The van der Waals surface area contributed by atoms with Gasteiger partial charge in [-0.15, -0.1) is 0 Å². The monoisotopic (exact) mass is 392 g/mol. The lowest BCUT2D eigenvalue weighted by atomic mass is 10.2. The van der Waals surface area contributed by atoms with E-state index in [4.69, 9.17) is 16.0 Å². The second-order valence-electron chi connectivity index (χ2n) is 6.29. The van der Waals surface area contributed by atoms with E-state index >= 15 is 0 Å². The molecule has 0 saturated heterocycles. The van der Waals surface area contributed by atoms with Crippen LogP contribution in [0.3, 0.4) is 0 Å². The first-order valence-electron chi connectivity index (χ1n) is 8.72. The summed E-state index contributed by atoms with van der Waals surface area (Å²) < 4.78 is 5.40. The molecule has 146 valence electrons. The Balaban J connectivity index is 1.62. The van der Waals surface area contributed by atoms with Crippen LogP contribution >= 0.6 is 11.6 Å². The zero-order valence-electron chi connectivity index (χ0n) is 15.5. The molecular weight excluding hydrogens is 368 g/mol. The summed E-state index contributed by atoms with van der Waals surface area (Å²) in [7, 11) is 3.85. The third-order valence-corrected chi connectivity index (χ3v) is 4.20. The molecule has 1 atom stereocenters. The van der Waals surface area contributed by atoms with Crippen molar-refractivity contribution in [3.05, 3.63) is 53.4 Å². The Labute approximate surface area is 164 Å². The first-order valence-corrected chi connectivity index (χ1v) is 9.10. The van der Waals surface area contributed by atoms with Crippen LogP contribution in [0.25, 0.3) is 0 Å². The fourth-order valence-electron chi connectivity index (χ4n) is 2.48. The molecule has 3 N–H and O–H groups in total. The van der Waals surface area contributed by atoms with Gasteiger partial charge in [0.2, 0.25) is 5.91 Å². The lowest BCUT2D eigenvalue weighted by Crippen LogP contribution is -2.40. The number of nitrogens with one attached hydrogen (secondary N) is 3. The third-order valence-electron chi connectivity index (χ3n) is 3.95. The highest BCUT2D eigenvalue weighted by Gasteiger charge is 2.17. The molecule has 1 aromatic carbocycles. The molecule has 1 unspecified atom stereocenters. The van der Waals surface area contributed by atoms with Crippen molar-refractivity contribution in [1.82, 2.24) is 15.5 Å². The number of carbonyl (C=O) groups excluding carboxylic acids is 2. The van der Waals surface area contributed by atoms with Crippen molar-refractivity contribution >= 4 is 29.2 Å². The number of nitrogens with zero attached hydrogens (tertiary/aromatic N) is 1. The van der Waals surface area contributed by atoms with E-state index in [9.17, 15) is 9.59 Å². The number of carbonyl (C=O) groups is 2. The van der Waals surface area contributed by atoms with Gasteiger partial charge < -0.3 is 20.4 Å². The van der Waals surface area contributed by atoms with Gasteiger partial charge in [-0.3, -0.25) is 9.69 Å². The zero-order chi connectivity index (χ0) is 19.6. The predicted molar refractivity (Wildman–Crippen MR) is 106 cm³/mol. The van der Waals surface area contributed by atoms with Crippen LogP contribution in [0.15, 0.2) is 47.1 Å². The predicted octanol–water partition coefficient (Wildman–Crippen LogP) is 3.25. The number of rotatable bonds is 9. The van der Waals surface area contributed by atoms with Gasteiger partial charge in [-0.25, -0.2) is 4.79 Å². The number of furan rings is 1. The maximum absolute atomic E-state index is 11.9. The summed E-state index contributed by atoms with van der Waals surface area (Å²) in [6.45, 7) is 0.830. The van der Waals surface area contributed by atoms with Gasteiger partial charge >= 0.3 is 6.03 Å². The normalized spacial score (nSPS) is 11.9. The lowest BCUT2D eigenvalue weighted by Gasteiger charge is -2.22. The Hall–Kier alpha value is -2.51. The Kier molecular flexibility index (Phi) is 8.16. The molecule has 0 saturated carbocycles. The minimum atomic E-state index is -0.272. The summed E-state index contributed by atoms with van der Waals surface area (Å²) in [6.07, 6.45) is 2.47. The number of halogens is 1. The summed E-state index contributed by atoms with van der Waals surface area (Å²) in [4.78, 5) is 25.8. The number of hydrogen-bond acceptors (Lipinski definition) is 4. The number of amides is 3. The molecule has 1 aromatic heterocycles. The fourth-order valence-corrected chi connectivity index (χ4v) is 2.60. The van der Waals surface area contributed by atoms with Crippen LogP contribution in [0.5, 0.6) is 0 Å². The van der Waals surface area contributed by atoms with Crippen molar-refractivity contribution in [2.45, 2.75) is 18.9 Å². The second kappa shape index (κ2) is 10.6. The fraction of sp³-hybridized carbons (Fsp3) is 0.368. The van der Waals surface area contributed by atoms with Gasteiger partial charge in [0.15, 0.2) is 0 Å². The van der Waals surface area contributed by atoms with Gasteiger partial charge in [-0.05, 0) is 56.9 Å². The minimum absolute atomic E-state index is 0.0455. The van der Waals surface area contributed by atoms with Gasteiger partial charge in [-0.2, -0.15) is 0 Å². The van der Waals surface area contributed by atoms with E-state index in [2.05, 4.69) is 16.0 Å². The van der Waals surface area contributed by atoms with E-state index in [0.717, 1.165) is 5.76 Å². The number of hydrogen-bond donors (Lipinski definition) is 3. The molecule has 0 spiro atoms. The van der Waals surface area contributed by atoms with Crippen LogP contribution in [0.1, 0.15) is 24.6 Å². The highest BCUT2D eigenvalue weighted by molar-refractivity contribution is 6.30. The van der Waals surface area contributed by atoms with E-state index in [-0.39, 0.29) is 18.0 Å². The Morgan fingerprint density at radius 1 is 1.15 bits per heavy atom. The summed E-state index contributed by atoms with van der Waals surface area (Å²) in [5.41, 5.74) is 0.697. The number of anilines is 1. The molecule has 2 rings (SSSR count). The van der Waals surface area contributed by atoms with Gasteiger partial charge in [0, 0.05) is 30.2 Å². The average molecular weight is 393 g/mol.